The van der Waals surface area contributed by atoms with Gasteiger partial charge in [0, 0.05) is 17.3 Å². The highest BCUT2D eigenvalue weighted by Gasteiger charge is 2.20. The average Bonchev–Trinajstić information content (AvgIpc) is 2.10. The third-order valence-corrected chi connectivity index (χ3v) is 2.00. The summed E-state index contributed by atoms with van der Waals surface area (Å²) < 4.78 is 25.3. The number of carboxylic acid groups (broad SMARTS) is 1. The van der Waals surface area contributed by atoms with Gasteiger partial charge in [0.05, 0.1) is 6.42 Å². The fraction of sp³-hybridized carbons (Fsp3) is 0.333. The van der Waals surface area contributed by atoms with Gasteiger partial charge in [-0.2, -0.15) is 0 Å². The topological polar surface area (TPSA) is 76.2 Å². The fourth-order valence-electron chi connectivity index (χ4n) is 1.33. The molecule has 0 aliphatic rings. The number of hydrogen-bond acceptors (Lipinski definition) is 3. The molecule has 0 atom stereocenters. The van der Waals surface area contributed by atoms with E-state index in [1.807, 2.05) is 0 Å². The number of aromatic nitrogens is 1. The van der Waals surface area contributed by atoms with Gasteiger partial charge in [-0.3, -0.25) is 4.79 Å². The molecule has 1 aromatic rings. The van der Waals surface area contributed by atoms with Crippen LogP contribution in [0.2, 0.25) is 0 Å². The van der Waals surface area contributed by atoms with E-state index in [4.69, 9.17) is 10.8 Å². The number of carboxylic acids is 1. The third kappa shape index (κ3) is 2.39. The van der Waals surface area contributed by atoms with Crippen molar-refractivity contribution >= 4 is 11.8 Å². The van der Waals surface area contributed by atoms with Crippen molar-refractivity contribution in [3.8, 4) is 0 Å². The summed E-state index contributed by atoms with van der Waals surface area (Å²) in [6.45, 7) is 1.44. The molecule has 0 unspecified atom stereocenters. The minimum absolute atomic E-state index is 0.0995. The number of halogens is 2. The normalized spacial score (nSPS) is 10.7. The molecule has 6 heteroatoms. The zero-order valence-electron chi connectivity index (χ0n) is 8.00. The first-order valence-electron chi connectivity index (χ1n) is 4.17. The number of alkyl halides is 2. The van der Waals surface area contributed by atoms with Crippen LogP contribution < -0.4 is 5.73 Å². The van der Waals surface area contributed by atoms with Crippen LogP contribution in [0.15, 0.2) is 6.20 Å². The molecule has 0 radical (unpaired) electrons. The second-order valence-electron chi connectivity index (χ2n) is 3.09. The molecule has 0 saturated heterocycles. The SMILES string of the molecule is Cc1cnc(N)c(CC(=O)O)c1C(F)F. The number of rotatable bonds is 3. The minimum atomic E-state index is -2.75. The first kappa shape index (κ1) is 11.4. The van der Waals surface area contributed by atoms with Crippen LogP contribution in [0.1, 0.15) is 23.1 Å². The van der Waals surface area contributed by atoms with Gasteiger partial charge in [-0.1, -0.05) is 0 Å². The maximum Gasteiger partial charge on any atom is 0.307 e. The number of hydrogen-bond donors (Lipinski definition) is 2. The van der Waals surface area contributed by atoms with Gasteiger partial charge < -0.3 is 10.8 Å². The Morgan fingerprint density at radius 1 is 1.67 bits per heavy atom. The number of nitrogen functional groups attached to an aromatic ring is 1. The van der Waals surface area contributed by atoms with E-state index < -0.39 is 18.8 Å². The van der Waals surface area contributed by atoms with E-state index in [-0.39, 0.29) is 22.5 Å². The molecule has 0 aliphatic heterocycles. The quantitative estimate of drug-likeness (QED) is 0.803. The van der Waals surface area contributed by atoms with Crippen molar-refractivity contribution in [2.24, 2.45) is 0 Å². The van der Waals surface area contributed by atoms with Crippen molar-refractivity contribution < 1.29 is 18.7 Å². The van der Waals surface area contributed by atoms with Crippen molar-refractivity contribution in [1.82, 2.24) is 4.98 Å². The second-order valence-corrected chi connectivity index (χ2v) is 3.09. The summed E-state index contributed by atoms with van der Waals surface area (Å²) in [7, 11) is 0. The Bertz CT molecular complexity index is 394. The second kappa shape index (κ2) is 4.20. The maximum atomic E-state index is 12.6. The van der Waals surface area contributed by atoms with Crippen LogP contribution >= 0.6 is 0 Å². The fourth-order valence-corrected chi connectivity index (χ4v) is 1.33. The van der Waals surface area contributed by atoms with Crippen LogP contribution in [0.25, 0.3) is 0 Å². The van der Waals surface area contributed by atoms with E-state index >= 15 is 0 Å². The minimum Gasteiger partial charge on any atom is -0.481 e. The average molecular weight is 216 g/mol. The molecule has 3 N–H and O–H groups in total. The van der Waals surface area contributed by atoms with Crippen LogP contribution in [-0.4, -0.2) is 16.1 Å². The Kier molecular flexibility index (Phi) is 3.18. The van der Waals surface area contributed by atoms with Gasteiger partial charge in [0.2, 0.25) is 0 Å². The molecule has 0 saturated carbocycles. The smallest absolute Gasteiger partial charge is 0.307 e. The number of anilines is 1. The summed E-state index contributed by atoms with van der Waals surface area (Å²) in [6.07, 6.45) is -2.08. The molecule has 0 spiro atoms. The van der Waals surface area contributed by atoms with Crippen LogP contribution in [-0.2, 0) is 11.2 Å². The summed E-state index contributed by atoms with van der Waals surface area (Å²) >= 11 is 0. The molecule has 1 rings (SSSR count). The molecule has 15 heavy (non-hydrogen) atoms. The summed E-state index contributed by atoms with van der Waals surface area (Å²) in [4.78, 5) is 14.1. The predicted molar refractivity (Wildman–Crippen MR) is 49.7 cm³/mol. The molecular weight excluding hydrogens is 206 g/mol. The first-order valence-corrected chi connectivity index (χ1v) is 4.17. The van der Waals surface area contributed by atoms with E-state index in [1.165, 1.54) is 13.1 Å². The highest BCUT2D eigenvalue weighted by Crippen LogP contribution is 2.29. The van der Waals surface area contributed by atoms with E-state index in [0.29, 0.717) is 0 Å². The molecule has 0 amide bonds. The number of aliphatic carboxylic acids is 1. The van der Waals surface area contributed by atoms with Gasteiger partial charge in [-0.25, -0.2) is 13.8 Å². The lowest BCUT2D eigenvalue weighted by Crippen LogP contribution is -2.10. The van der Waals surface area contributed by atoms with E-state index in [2.05, 4.69) is 4.98 Å². The Morgan fingerprint density at radius 2 is 2.27 bits per heavy atom. The molecule has 0 aromatic carbocycles. The third-order valence-electron chi connectivity index (χ3n) is 2.00. The summed E-state index contributed by atoms with van der Waals surface area (Å²) in [5.41, 5.74) is 5.19. The number of nitrogens with zero attached hydrogens (tertiary/aromatic N) is 1. The van der Waals surface area contributed by atoms with Gasteiger partial charge in [-0.15, -0.1) is 0 Å². The van der Waals surface area contributed by atoms with Crippen molar-refractivity contribution in [2.75, 3.05) is 5.73 Å². The first-order chi connectivity index (χ1) is 6.93. The Hall–Kier alpha value is -1.72. The van der Waals surface area contributed by atoms with Crippen LogP contribution in [0.4, 0.5) is 14.6 Å². The summed E-state index contributed by atoms with van der Waals surface area (Å²) in [5.74, 6) is -1.37. The van der Waals surface area contributed by atoms with Crippen molar-refractivity contribution in [3.63, 3.8) is 0 Å². The van der Waals surface area contributed by atoms with Gasteiger partial charge >= 0.3 is 5.97 Å². The lowest BCUT2D eigenvalue weighted by molar-refractivity contribution is -0.136. The number of nitrogens with two attached hydrogens (primary N) is 1. The highest BCUT2D eigenvalue weighted by atomic mass is 19.3. The Labute approximate surface area is 84.7 Å². The number of aryl methyl sites for hydroxylation is 1. The lowest BCUT2D eigenvalue weighted by atomic mass is 10.0. The largest absolute Gasteiger partial charge is 0.481 e. The van der Waals surface area contributed by atoms with Gasteiger partial charge in [0.25, 0.3) is 6.43 Å². The molecule has 0 fully saturated rings. The standard InChI is InChI=1S/C9H10F2N2O2/c1-4-3-13-9(12)5(2-6(14)15)7(4)8(10)11/h3,8H,2H2,1H3,(H2,12,13)(H,14,15). The molecule has 4 nitrogen and oxygen atoms in total. The van der Waals surface area contributed by atoms with Crippen molar-refractivity contribution in [2.45, 2.75) is 19.8 Å². The maximum absolute atomic E-state index is 12.6. The molecule has 0 bridgehead atoms. The monoisotopic (exact) mass is 216 g/mol. The Morgan fingerprint density at radius 3 is 2.73 bits per heavy atom. The van der Waals surface area contributed by atoms with Crippen molar-refractivity contribution in [1.29, 1.82) is 0 Å². The predicted octanol–water partition coefficient (Wildman–Crippen LogP) is 1.54. The lowest BCUT2D eigenvalue weighted by Gasteiger charge is -2.11. The van der Waals surface area contributed by atoms with Gasteiger partial charge in [0.1, 0.15) is 5.82 Å². The highest BCUT2D eigenvalue weighted by molar-refractivity contribution is 5.73. The van der Waals surface area contributed by atoms with Crippen molar-refractivity contribution in [3.05, 3.63) is 22.9 Å². The van der Waals surface area contributed by atoms with Crippen LogP contribution in [0.5, 0.6) is 0 Å². The number of pyridine rings is 1. The van der Waals surface area contributed by atoms with Crippen LogP contribution in [0, 0.1) is 6.92 Å². The number of carbonyl (C=O) groups is 1. The summed E-state index contributed by atoms with van der Waals surface area (Å²) in [6, 6.07) is 0. The van der Waals surface area contributed by atoms with E-state index in [9.17, 15) is 13.6 Å². The zero-order valence-corrected chi connectivity index (χ0v) is 8.00. The molecule has 82 valence electrons. The Balaban J connectivity index is 3.31. The molecular formula is C9H10F2N2O2. The zero-order chi connectivity index (χ0) is 11.6. The molecule has 1 aromatic heterocycles. The summed E-state index contributed by atoms with van der Waals surface area (Å²) in [5, 5.41) is 8.56. The van der Waals surface area contributed by atoms with Gasteiger partial charge in [0.15, 0.2) is 0 Å². The van der Waals surface area contributed by atoms with Gasteiger partial charge in [-0.05, 0) is 12.5 Å². The van der Waals surface area contributed by atoms with E-state index in [0.717, 1.165) is 0 Å². The van der Waals surface area contributed by atoms with E-state index in [1.54, 1.807) is 0 Å². The molecule has 1 heterocycles. The molecule has 0 aliphatic carbocycles. The van der Waals surface area contributed by atoms with Crippen LogP contribution in [0.3, 0.4) is 0 Å².